The Morgan fingerprint density at radius 2 is 2.25 bits per heavy atom. The van der Waals surface area contributed by atoms with Crippen LogP contribution >= 0.6 is 0 Å². The summed E-state index contributed by atoms with van der Waals surface area (Å²) in [6.07, 6.45) is 4.57. The highest BCUT2D eigenvalue weighted by Crippen LogP contribution is 1.92. The molecule has 3 N–H and O–H groups in total. The van der Waals surface area contributed by atoms with Crippen molar-refractivity contribution in [2.45, 2.75) is 12.8 Å². The summed E-state index contributed by atoms with van der Waals surface area (Å²) in [6, 6.07) is 0. The maximum absolute atomic E-state index is 11.5. The summed E-state index contributed by atoms with van der Waals surface area (Å²) in [7, 11) is -1.34. The minimum atomic E-state index is -3.14. The van der Waals surface area contributed by atoms with E-state index >= 15 is 0 Å². The normalized spacial score (nSPS) is 11.8. The van der Waals surface area contributed by atoms with E-state index in [0.717, 1.165) is 5.82 Å². The zero-order chi connectivity index (χ0) is 11.9. The van der Waals surface area contributed by atoms with E-state index in [1.807, 2.05) is 0 Å². The minimum Gasteiger partial charge on any atom is -0.349 e. The maximum atomic E-state index is 11.5. The van der Waals surface area contributed by atoms with Crippen LogP contribution < -0.4 is 10.0 Å². The first-order chi connectivity index (χ1) is 7.64. The number of nitrogens with one attached hydrogen (secondary N) is 3. The second-order valence-corrected chi connectivity index (χ2v) is 5.38. The quantitative estimate of drug-likeness (QED) is 0.539. The summed E-state index contributed by atoms with van der Waals surface area (Å²) in [5.74, 6) is 0.948. The molecule has 1 aromatic rings. The molecule has 1 rings (SSSR count). The monoisotopic (exact) mass is 246 g/mol. The third-order valence-electron chi connectivity index (χ3n) is 2.08. The van der Waals surface area contributed by atoms with Gasteiger partial charge in [-0.1, -0.05) is 0 Å². The molecular weight excluding hydrogens is 228 g/mol. The van der Waals surface area contributed by atoms with E-state index in [9.17, 15) is 8.42 Å². The molecule has 0 fully saturated rings. The molecule has 0 spiro atoms. The second kappa shape index (κ2) is 6.62. The van der Waals surface area contributed by atoms with Crippen molar-refractivity contribution in [3.8, 4) is 0 Å². The van der Waals surface area contributed by atoms with Gasteiger partial charge in [-0.25, -0.2) is 18.1 Å². The van der Waals surface area contributed by atoms with E-state index in [0.29, 0.717) is 25.9 Å². The largest absolute Gasteiger partial charge is 0.349 e. The van der Waals surface area contributed by atoms with Crippen LogP contribution in [0.1, 0.15) is 12.2 Å². The smallest absolute Gasteiger partial charge is 0.211 e. The van der Waals surface area contributed by atoms with Crippen LogP contribution in [-0.2, 0) is 16.4 Å². The third-order valence-corrected chi connectivity index (χ3v) is 3.55. The summed E-state index contributed by atoms with van der Waals surface area (Å²) in [5.41, 5.74) is 0. The highest BCUT2D eigenvalue weighted by atomic mass is 32.2. The zero-order valence-corrected chi connectivity index (χ0v) is 10.2. The molecule has 0 aliphatic rings. The number of aromatic amines is 1. The molecule has 0 atom stereocenters. The summed E-state index contributed by atoms with van der Waals surface area (Å²) in [4.78, 5) is 6.93. The van der Waals surface area contributed by atoms with Crippen molar-refractivity contribution < 1.29 is 8.42 Å². The van der Waals surface area contributed by atoms with E-state index in [-0.39, 0.29) is 5.75 Å². The van der Waals surface area contributed by atoms with Crippen LogP contribution in [0.25, 0.3) is 0 Å². The van der Waals surface area contributed by atoms with Gasteiger partial charge in [-0.05, 0) is 20.0 Å². The SMILES string of the molecule is CNCCCS(=O)(=O)NCCc1ncc[nH]1. The molecule has 7 heteroatoms. The molecule has 6 nitrogen and oxygen atoms in total. The third kappa shape index (κ3) is 5.24. The first-order valence-corrected chi connectivity index (χ1v) is 6.89. The van der Waals surface area contributed by atoms with Crippen molar-refractivity contribution in [2.75, 3.05) is 25.9 Å². The van der Waals surface area contributed by atoms with E-state index in [2.05, 4.69) is 20.0 Å². The fraction of sp³-hybridized carbons (Fsp3) is 0.667. The Labute approximate surface area is 95.9 Å². The van der Waals surface area contributed by atoms with E-state index in [1.165, 1.54) is 0 Å². The van der Waals surface area contributed by atoms with Crippen molar-refractivity contribution in [1.29, 1.82) is 0 Å². The second-order valence-electron chi connectivity index (χ2n) is 3.46. The number of nitrogens with zero attached hydrogens (tertiary/aromatic N) is 1. The topological polar surface area (TPSA) is 86.9 Å². The lowest BCUT2D eigenvalue weighted by Crippen LogP contribution is -2.29. The highest BCUT2D eigenvalue weighted by molar-refractivity contribution is 7.89. The van der Waals surface area contributed by atoms with Gasteiger partial charge in [-0.15, -0.1) is 0 Å². The van der Waals surface area contributed by atoms with Crippen molar-refractivity contribution >= 4 is 10.0 Å². The lowest BCUT2D eigenvalue weighted by Gasteiger charge is -2.05. The van der Waals surface area contributed by atoms with Crippen molar-refractivity contribution in [3.63, 3.8) is 0 Å². The summed E-state index contributed by atoms with van der Waals surface area (Å²) < 4.78 is 25.5. The lowest BCUT2D eigenvalue weighted by atomic mass is 10.4. The predicted molar refractivity (Wildman–Crippen MR) is 62.6 cm³/mol. The summed E-state index contributed by atoms with van der Waals surface area (Å²) in [5, 5.41) is 2.91. The molecule has 0 bridgehead atoms. The van der Waals surface area contributed by atoms with Gasteiger partial charge in [0.1, 0.15) is 5.82 Å². The van der Waals surface area contributed by atoms with Gasteiger partial charge >= 0.3 is 0 Å². The van der Waals surface area contributed by atoms with Crippen molar-refractivity contribution in [2.24, 2.45) is 0 Å². The first-order valence-electron chi connectivity index (χ1n) is 5.24. The molecule has 0 aliphatic heterocycles. The van der Waals surface area contributed by atoms with Gasteiger partial charge < -0.3 is 10.3 Å². The molecule has 0 unspecified atom stereocenters. The number of hydrogen-bond acceptors (Lipinski definition) is 4. The fourth-order valence-corrected chi connectivity index (χ4v) is 2.35. The molecule has 0 aromatic carbocycles. The minimum absolute atomic E-state index is 0.159. The molecule has 0 radical (unpaired) electrons. The Kier molecular flexibility index (Phi) is 5.44. The van der Waals surface area contributed by atoms with Crippen LogP contribution in [0.15, 0.2) is 12.4 Å². The Morgan fingerprint density at radius 1 is 1.44 bits per heavy atom. The molecule has 0 aliphatic carbocycles. The van der Waals surface area contributed by atoms with Gasteiger partial charge in [0.15, 0.2) is 0 Å². The van der Waals surface area contributed by atoms with Crippen LogP contribution in [0.3, 0.4) is 0 Å². The van der Waals surface area contributed by atoms with Gasteiger partial charge in [-0.3, -0.25) is 0 Å². The number of aromatic nitrogens is 2. The molecule has 1 heterocycles. The number of imidazole rings is 1. The van der Waals surface area contributed by atoms with Gasteiger partial charge in [0.2, 0.25) is 10.0 Å². The van der Waals surface area contributed by atoms with E-state index in [1.54, 1.807) is 19.4 Å². The standard InChI is InChI=1S/C9H18N4O2S/c1-10-4-2-8-16(14,15)13-5-3-9-11-6-7-12-9/h6-7,10,13H,2-5,8H2,1H3,(H,11,12). The number of H-pyrrole nitrogens is 1. The number of hydrogen-bond donors (Lipinski definition) is 3. The molecule has 0 amide bonds. The Bertz CT molecular complexity index is 374. The van der Waals surface area contributed by atoms with Gasteiger partial charge in [0, 0.05) is 25.4 Å². The molecule has 1 aromatic heterocycles. The predicted octanol–water partition coefficient (Wildman–Crippen LogP) is -0.519. The van der Waals surface area contributed by atoms with Gasteiger partial charge in [0.05, 0.1) is 5.75 Å². The zero-order valence-electron chi connectivity index (χ0n) is 9.36. The van der Waals surface area contributed by atoms with Crippen LogP contribution in [-0.4, -0.2) is 44.3 Å². The van der Waals surface area contributed by atoms with Crippen molar-refractivity contribution in [3.05, 3.63) is 18.2 Å². The van der Waals surface area contributed by atoms with E-state index in [4.69, 9.17) is 0 Å². The molecule has 0 saturated carbocycles. The van der Waals surface area contributed by atoms with Crippen LogP contribution in [0, 0.1) is 0 Å². The number of sulfonamides is 1. The Balaban J connectivity index is 2.20. The molecule has 16 heavy (non-hydrogen) atoms. The van der Waals surface area contributed by atoms with Crippen LogP contribution in [0.5, 0.6) is 0 Å². The average Bonchev–Trinajstić information content (AvgIpc) is 2.70. The van der Waals surface area contributed by atoms with E-state index < -0.39 is 10.0 Å². The van der Waals surface area contributed by atoms with Crippen LogP contribution in [0.4, 0.5) is 0 Å². The lowest BCUT2D eigenvalue weighted by molar-refractivity contribution is 0.577. The van der Waals surface area contributed by atoms with Crippen molar-refractivity contribution in [1.82, 2.24) is 20.0 Å². The Morgan fingerprint density at radius 3 is 2.88 bits per heavy atom. The maximum Gasteiger partial charge on any atom is 0.211 e. The number of rotatable bonds is 8. The highest BCUT2D eigenvalue weighted by Gasteiger charge is 2.08. The molecule has 92 valence electrons. The summed E-state index contributed by atoms with van der Waals surface area (Å²) >= 11 is 0. The first kappa shape index (κ1) is 13.1. The summed E-state index contributed by atoms with van der Waals surface area (Å²) in [6.45, 7) is 1.09. The van der Waals surface area contributed by atoms with Crippen LogP contribution in [0.2, 0.25) is 0 Å². The van der Waals surface area contributed by atoms with Gasteiger partial charge in [-0.2, -0.15) is 0 Å². The molecule has 0 saturated heterocycles. The molecular formula is C9H18N4O2S. The fourth-order valence-electron chi connectivity index (χ4n) is 1.27. The average molecular weight is 246 g/mol. The Hall–Kier alpha value is -0.920. The van der Waals surface area contributed by atoms with Gasteiger partial charge in [0.25, 0.3) is 0 Å².